The number of aliphatic hydroxyl groups is 10. The van der Waals surface area contributed by atoms with Gasteiger partial charge in [0.25, 0.3) is 0 Å². The Labute approximate surface area is 303 Å². The van der Waals surface area contributed by atoms with Crippen LogP contribution in [0.5, 0.6) is 28.7 Å². The molecule has 1 aromatic heterocycles. The van der Waals surface area contributed by atoms with E-state index >= 15 is 0 Å². The molecule has 0 amide bonds. The number of ether oxygens (including phenoxy) is 6. The molecule has 298 valence electrons. The van der Waals surface area contributed by atoms with Crippen molar-refractivity contribution in [2.75, 3.05) is 13.2 Å². The molecule has 3 fully saturated rings. The van der Waals surface area contributed by atoms with Crippen molar-refractivity contribution in [3.63, 3.8) is 0 Å². The van der Waals surface area contributed by atoms with Crippen molar-refractivity contribution in [1.82, 2.24) is 0 Å². The summed E-state index contributed by atoms with van der Waals surface area (Å²) in [5.41, 5.74) is -1.63. The van der Waals surface area contributed by atoms with Crippen molar-refractivity contribution < 1.29 is 99.2 Å². The predicted molar refractivity (Wildman–Crippen MR) is 173 cm³/mol. The summed E-state index contributed by atoms with van der Waals surface area (Å²) in [5, 5.41) is 134. The Morgan fingerprint density at radius 1 is 0.648 bits per heavy atom. The van der Waals surface area contributed by atoms with Crippen LogP contribution in [-0.4, -0.2) is 172 Å². The van der Waals surface area contributed by atoms with Crippen LogP contribution in [0.1, 0.15) is 6.92 Å². The van der Waals surface area contributed by atoms with E-state index in [-0.39, 0.29) is 11.3 Å². The van der Waals surface area contributed by atoms with Gasteiger partial charge in [-0.05, 0) is 31.2 Å². The Bertz CT molecular complexity index is 1830. The number of phenols is 3. The molecule has 2 aromatic carbocycles. The fourth-order valence-electron chi connectivity index (χ4n) is 6.20. The SMILES string of the molecule is C[C@@H]1O[C@@H](OC[C@H]2O[C@@H](Oc3c(-c4ccc(O)cc4)oc4cc(O)c(O[C@@H]5O[C@H](CO)[C@@H](O)[C@H](O)[C@H]5O)c(O)c4c3=O)[C@H](O)[C@@H](O)[C@@H]2O)[C@H](O)[C@H](O)[C@H]1O. The number of fused-ring (bicyclic) bond motifs is 1. The molecule has 13 N–H and O–H groups in total. The number of hydrogen-bond donors (Lipinski definition) is 13. The van der Waals surface area contributed by atoms with E-state index in [4.69, 9.17) is 32.8 Å². The van der Waals surface area contributed by atoms with Crippen molar-refractivity contribution >= 4 is 11.0 Å². The Hall–Kier alpha value is -3.91. The van der Waals surface area contributed by atoms with Crippen molar-refractivity contribution in [3.05, 3.63) is 40.6 Å². The topological polar surface area (TPSA) is 349 Å². The second-order valence-corrected chi connectivity index (χ2v) is 13.0. The van der Waals surface area contributed by atoms with Crippen LogP contribution in [0.4, 0.5) is 0 Å². The Morgan fingerprint density at radius 2 is 1.19 bits per heavy atom. The van der Waals surface area contributed by atoms with E-state index in [0.717, 1.165) is 6.07 Å². The number of benzene rings is 2. The molecular weight excluding hydrogens is 732 g/mol. The van der Waals surface area contributed by atoms with Crippen LogP contribution in [0.2, 0.25) is 0 Å². The molecule has 0 aliphatic carbocycles. The molecule has 21 heteroatoms. The van der Waals surface area contributed by atoms with E-state index in [1.165, 1.54) is 31.2 Å². The van der Waals surface area contributed by atoms with Gasteiger partial charge in [0, 0.05) is 11.6 Å². The number of aliphatic hydroxyl groups excluding tert-OH is 10. The molecule has 3 aliphatic rings. The lowest BCUT2D eigenvalue weighted by molar-refractivity contribution is -0.318. The lowest BCUT2D eigenvalue weighted by atomic mass is 9.98. The highest BCUT2D eigenvalue weighted by molar-refractivity contribution is 5.91. The zero-order valence-corrected chi connectivity index (χ0v) is 28.0. The summed E-state index contributed by atoms with van der Waals surface area (Å²) in [6.45, 7) is -0.101. The van der Waals surface area contributed by atoms with Crippen LogP contribution in [-0.2, 0) is 18.9 Å². The maximum absolute atomic E-state index is 14.2. The van der Waals surface area contributed by atoms with Gasteiger partial charge in [-0.25, -0.2) is 0 Å². The molecule has 4 heterocycles. The van der Waals surface area contributed by atoms with Gasteiger partial charge in [-0.3, -0.25) is 4.79 Å². The van der Waals surface area contributed by atoms with E-state index < -0.39 is 150 Å². The molecule has 6 rings (SSSR count). The van der Waals surface area contributed by atoms with Crippen LogP contribution < -0.4 is 14.9 Å². The summed E-state index contributed by atoms with van der Waals surface area (Å²) < 4.78 is 38.9. The van der Waals surface area contributed by atoms with E-state index in [9.17, 15) is 71.2 Å². The molecule has 3 aromatic rings. The molecule has 3 aliphatic heterocycles. The van der Waals surface area contributed by atoms with E-state index in [1.807, 2.05) is 0 Å². The first-order chi connectivity index (χ1) is 25.5. The van der Waals surface area contributed by atoms with Crippen molar-refractivity contribution in [2.45, 2.75) is 99.0 Å². The highest BCUT2D eigenvalue weighted by Crippen LogP contribution is 2.45. The summed E-state index contributed by atoms with van der Waals surface area (Å²) >= 11 is 0. The van der Waals surface area contributed by atoms with Crippen LogP contribution in [0.25, 0.3) is 22.3 Å². The Morgan fingerprint density at radius 3 is 1.80 bits per heavy atom. The highest BCUT2D eigenvalue weighted by Gasteiger charge is 2.49. The second kappa shape index (κ2) is 15.7. The molecule has 3 saturated heterocycles. The second-order valence-electron chi connectivity index (χ2n) is 13.0. The first kappa shape index (κ1) is 39.8. The minimum absolute atomic E-state index is 0.0616. The summed E-state index contributed by atoms with van der Waals surface area (Å²) in [4.78, 5) is 14.2. The predicted octanol–water partition coefficient (Wildman–Crippen LogP) is -4.21. The van der Waals surface area contributed by atoms with Gasteiger partial charge in [0.2, 0.25) is 29.5 Å². The third kappa shape index (κ3) is 7.27. The summed E-state index contributed by atoms with van der Waals surface area (Å²) in [7, 11) is 0. The third-order valence-corrected chi connectivity index (χ3v) is 9.40. The lowest BCUT2D eigenvalue weighted by Crippen LogP contribution is -2.61. The maximum Gasteiger partial charge on any atom is 0.239 e. The van der Waals surface area contributed by atoms with Gasteiger partial charge >= 0.3 is 0 Å². The fraction of sp³-hybridized carbons (Fsp3) is 0.545. The Balaban J connectivity index is 1.36. The van der Waals surface area contributed by atoms with Gasteiger partial charge in [-0.15, -0.1) is 0 Å². The molecule has 0 spiro atoms. The summed E-state index contributed by atoms with van der Waals surface area (Å²) in [6, 6.07) is 5.85. The van der Waals surface area contributed by atoms with Gasteiger partial charge in [-0.1, -0.05) is 0 Å². The highest BCUT2D eigenvalue weighted by atomic mass is 16.7. The molecule has 15 atom stereocenters. The van der Waals surface area contributed by atoms with E-state index in [2.05, 4.69) is 0 Å². The monoisotopic (exact) mass is 772 g/mol. The zero-order valence-electron chi connectivity index (χ0n) is 28.0. The van der Waals surface area contributed by atoms with Gasteiger partial charge in [0.05, 0.1) is 19.3 Å². The van der Waals surface area contributed by atoms with Gasteiger partial charge in [-0.2, -0.15) is 0 Å². The van der Waals surface area contributed by atoms with Crippen molar-refractivity contribution in [3.8, 4) is 40.1 Å². The van der Waals surface area contributed by atoms with E-state index in [1.54, 1.807) is 0 Å². The first-order valence-corrected chi connectivity index (χ1v) is 16.5. The van der Waals surface area contributed by atoms with Gasteiger partial charge in [0.15, 0.2) is 23.5 Å². The van der Waals surface area contributed by atoms with Crippen LogP contribution in [0.3, 0.4) is 0 Å². The number of hydrogen-bond acceptors (Lipinski definition) is 21. The molecule has 0 radical (unpaired) electrons. The van der Waals surface area contributed by atoms with E-state index in [0.29, 0.717) is 0 Å². The quantitative estimate of drug-likeness (QED) is 0.0980. The van der Waals surface area contributed by atoms with Crippen LogP contribution in [0.15, 0.2) is 39.5 Å². The largest absolute Gasteiger partial charge is 0.508 e. The fourth-order valence-corrected chi connectivity index (χ4v) is 6.20. The third-order valence-electron chi connectivity index (χ3n) is 9.40. The van der Waals surface area contributed by atoms with Crippen molar-refractivity contribution in [2.24, 2.45) is 0 Å². The average Bonchev–Trinajstić information content (AvgIpc) is 3.14. The molecule has 0 unspecified atom stereocenters. The lowest BCUT2D eigenvalue weighted by Gasteiger charge is -2.42. The minimum atomic E-state index is -2.06. The smallest absolute Gasteiger partial charge is 0.239 e. The van der Waals surface area contributed by atoms with Crippen LogP contribution in [0, 0.1) is 0 Å². The Kier molecular flexibility index (Phi) is 11.5. The molecule has 54 heavy (non-hydrogen) atoms. The summed E-state index contributed by atoms with van der Waals surface area (Å²) in [6.07, 6.45) is -25.9. The van der Waals surface area contributed by atoms with Gasteiger partial charge < -0.3 is 99.2 Å². The first-order valence-electron chi connectivity index (χ1n) is 16.5. The maximum atomic E-state index is 14.2. The van der Waals surface area contributed by atoms with Crippen LogP contribution >= 0.6 is 0 Å². The molecule has 0 bridgehead atoms. The molecular formula is C33H40O21. The average molecular weight is 773 g/mol. The number of phenolic OH excluding ortho intramolecular Hbond substituents is 3. The minimum Gasteiger partial charge on any atom is -0.508 e. The number of aromatic hydroxyl groups is 3. The molecule has 0 saturated carbocycles. The zero-order chi connectivity index (χ0) is 39.3. The summed E-state index contributed by atoms with van der Waals surface area (Å²) in [5.74, 6) is -4.27. The molecule has 21 nitrogen and oxygen atoms in total. The normalized spacial score (nSPS) is 37.3. The van der Waals surface area contributed by atoms with Crippen molar-refractivity contribution in [1.29, 1.82) is 0 Å². The number of rotatable bonds is 9. The van der Waals surface area contributed by atoms with Gasteiger partial charge in [0.1, 0.15) is 83.9 Å². The standard InChI is InChI=1S/C33H40O21/c1-9-17(37)22(42)25(45)31(49-9)48-8-15-19(39)24(44)27(47)33(52-15)54-30-21(41)16-13(50-28(30)10-2-4-11(35)5-3-10)6-12(36)29(20(16)40)53-32-26(46)23(43)18(38)14(7-34)51-32/h2-6,9,14-15,17-19,22-27,31-40,42-47H,7-8H2,1H3/t9-,14+,15+,17-,18+,19+,22+,23-,24-,25+,26+,27+,31+,32-,33-/m0/s1.